The lowest BCUT2D eigenvalue weighted by Crippen LogP contribution is -2.05. The largest absolute Gasteiger partial charge is 0.324 e. The van der Waals surface area contributed by atoms with Gasteiger partial charge in [0, 0.05) is 25.3 Å². The molecule has 0 fully saturated rings. The molecule has 0 saturated carbocycles. The van der Waals surface area contributed by atoms with Crippen molar-refractivity contribution in [3.63, 3.8) is 0 Å². The fraction of sp³-hybridized carbons (Fsp3) is 0.143. The average Bonchev–Trinajstić information content (AvgIpc) is 2.32. The Bertz CT molecular complexity index is 557. The predicted octanol–water partition coefficient (Wildman–Crippen LogP) is 5.27. The maximum atomic E-state index is 6.23. The van der Waals surface area contributed by atoms with E-state index in [4.69, 9.17) is 17.3 Å². The number of hydrogen-bond donors (Lipinski definition) is 1. The molecule has 0 saturated heterocycles. The van der Waals surface area contributed by atoms with Gasteiger partial charge in [0.05, 0.1) is 0 Å². The van der Waals surface area contributed by atoms with E-state index >= 15 is 0 Å². The molecule has 4 heteroatoms. The number of halogens is 2. The van der Waals surface area contributed by atoms with Crippen molar-refractivity contribution in [3.8, 4) is 0 Å². The molecule has 0 aliphatic heterocycles. The fourth-order valence-electron chi connectivity index (χ4n) is 1.60. The minimum atomic E-state index is -0.0417. The van der Waals surface area contributed by atoms with Gasteiger partial charge in [0.25, 0.3) is 0 Å². The highest BCUT2D eigenvalue weighted by Gasteiger charge is 2.07. The van der Waals surface area contributed by atoms with E-state index in [2.05, 4.69) is 28.1 Å². The Kier molecular flexibility index (Phi) is 4.73. The van der Waals surface area contributed by atoms with Gasteiger partial charge in [0.15, 0.2) is 0 Å². The second-order valence-electron chi connectivity index (χ2n) is 4.00. The third-order valence-corrected chi connectivity index (χ3v) is 4.87. The topological polar surface area (TPSA) is 26.0 Å². The van der Waals surface area contributed by atoms with Gasteiger partial charge in [-0.1, -0.05) is 41.6 Å². The molecule has 1 unspecified atom stereocenters. The molecule has 2 rings (SSSR count). The maximum absolute atomic E-state index is 6.23. The Morgan fingerprint density at radius 1 is 1.22 bits per heavy atom. The quantitative estimate of drug-likeness (QED) is 0.822. The lowest BCUT2D eigenvalue weighted by atomic mass is 10.1. The van der Waals surface area contributed by atoms with Crippen LogP contribution in [-0.2, 0) is 0 Å². The molecular weight excluding hydrogens is 330 g/mol. The van der Waals surface area contributed by atoms with Crippen molar-refractivity contribution in [2.45, 2.75) is 22.8 Å². The smallest absolute Gasteiger partial charge is 0.0464 e. The van der Waals surface area contributed by atoms with Gasteiger partial charge in [0.1, 0.15) is 0 Å². The van der Waals surface area contributed by atoms with Gasteiger partial charge in [-0.2, -0.15) is 0 Å². The first kappa shape index (κ1) is 13.9. The summed E-state index contributed by atoms with van der Waals surface area (Å²) in [5.41, 5.74) is 6.82. The third-order valence-electron chi connectivity index (χ3n) is 2.53. The molecule has 0 heterocycles. The SMILES string of the molecule is CC(N)c1ccc(Sc2ccccc2Br)cc1Cl. The van der Waals surface area contributed by atoms with Crippen LogP contribution >= 0.6 is 39.3 Å². The molecular formula is C14H13BrClNS. The number of nitrogens with two attached hydrogens (primary N) is 1. The molecule has 2 aromatic rings. The van der Waals surface area contributed by atoms with E-state index in [0.29, 0.717) is 0 Å². The molecule has 94 valence electrons. The summed E-state index contributed by atoms with van der Waals surface area (Å²) < 4.78 is 1.09. The van der Waals surface area contributed by atoms with E-state index in [-0.39, 0.29) is 6.04 Å². The van der Waals surface area contributed by atoms with Crippen LogP contribution in [0.4, 0.5) is 0 Å². The molecule has 1 atom stereocenters. The van der Waals surface area contributed by atoms with Crippen molar-refractivity contribution in [1.82, 2.24) is 0 Å². The van der Waals surface area contributed by atoms with E-state index in [0.717, 1.165) is 20.0 Å². The van der Waals surface area contributed by atoms with Crippen LogP contribution in [0.2, 0.25) is 5.02 Å². The molecule has 0 aliphatic carbocycles. The average molecular weight is 343 g/mol. The van der Waals surface area contributed by atoms with Crippen molar-refractivity contribution >= 4 is 39.3 Å². The van der Waals surface area contributed by atoms with Crippen molar-refractivity contribution < 1.29 is 0 Å². The van der Waals surface area contributed by atoms with Gasteiger partial charge in [-0.05, 0) is 52.7 Å². The van der Waals surface area contributed by atoms with Crippen molar-refractivity contribution in [3.05, 3.63) is 57.5 Å². The monoisotopic (exact) mass is 341 g/mol. The van der Waals surface area contributed by atoms with Gasteiger partial charge in [-0.15, -0.1) is 0 Å². The zero-order chi connectivity index (χ0) is 13.1. The van der Waals surface area contributed by atoms with Crippen molar-refractivity contribution in [1.29, 1.82) is 0 Å². The molecule has 0 amide bonds. The van der Waals surface area contributed by atoms with Crippen LogP contribution in [0, 0.1) is 0 Å². The normalized spacial score (nSPS) is 12.4. The standard InChI is InChI=1S/C14H13BrClNS/c1-9(17)11-7-6-10(8-13(11)16)18-14-5-3-2-4-12(14)15/h2-9H,17H2,1H3. The summed E-state index contributed by atoms with van der Waals surface area (Å²) in [6.45, 7) is 1.93. The van der Waals surface area contributed by atoms with Crippen LogP contribution in [0.5, 0.6) is 0 Å². The molecule has 0 spiro atoms. The number of benzene rings is 2. The lowest BCUT2D eigenvalue weighted by molar-refractivity contribution is 0.817. The fourth-order valence-corrected chi connectivity index (χ4v) is 3.42. The second kappa shape index (κ2) is 6.11. The van der Waals surface area contributed by atoms with Crippen LogP contribution in [0.1, 0.15) is 18.5 Å². The first-order chi connectivity index (χ1) is 8.58. The summed E-state index contributed by atoms with van der Waals surface area (Å²) in [5.74, 6) is 0. The van der Waals surface area contributed by atoms with Crippen LogP contribution in [0.3, 0.4) is 0 Å². The van der Waals surface area contributed by atoms with E-state index in [1.54, 1.807) is 11.8 Å². The molecule has 0 bridgehead atoms. The summed E-state index contributed by atoms with van der Waals surface area (Å²) >= 11 is 11.4. The third kappa shape index (κ3) is 3.29. The Morgan fingerprint density at radius 2 is 1.94 bits per heavy atom. The van der Waals surface area contributed by atoms with Crippen molar-refractivity contribution in [2.75, 3.05) is 0 Å². The van der Waals surface area contributed by atoms with E-state index in [1.807, 2.05) is 37.3 Å². The highest BCUT2D eigenvalue weighted by molar-refractivity contribution is 9.10. The molecule has 1 nitrogen and oxygen atoms in total. The Labute approximate surface area is 125 Å². The lowest BCUT2D eigenvalue weighted by Gasteiger charge is -2.10. The molecule has 0 aliphatic rings. The maximum Gasteiger partial charge on any atom is 0.0464 e. The first-order valence-corrected chi connectivity index (χ1v) is 7.54. The number of rotatable bonds is 3. The predicted molar refractivity (Wildman–Crippen MR) is 82.3 cm³/mol. The minimum Gasteiger partial charge on any atom is -0.324 e. The van der Waals surface area contributed by atoms with Gasteiger partial charge >= 0.3 is 0 Å². The van der Waals surface area contributed by atoms with E-state index in [1.165, 1.54) is 4.90 Å². The highest BCUT2D eigenvalue weighted by atomic mass is 79.9. The number of hydrogen-bond acceptors (Lipinski definition) is 2. The summed E-state index contributed by atoms with van der Waals surface area (Å²) in [6, 6.07) is 14.1. The molecule has 0 radical (unpaired) electrons. The Balaban J connectivity index is 2.26. The molecule has 2 N–H and O–H groups in total. The Morgan fingerprint density at radius 3 is 2.56 bits per heavy atom. The van der Waals surface area contributed by atoms with Crippen LogP contribution in [-0.4, -0.2) is 0 Å². The first-order valence-electron chi connectivity index (χ1n) is 5.55. The highest BCUT2D eigenvalue weighted by Crippen LogP contribution is 2.35. The van der Waals surface area contributed by atoms with Gasteiger partial charge < -0.3 is 5.73 Å². The van der Waals surface area contributed by atoms with Gasteiger partial charge in [-0.3, -0.25) is 0 Å². The van der Waals surface area contributed by atoms with Crippen LogP contribution in [0.15, 0.2) is 56.7 Å². The minimum absolute atomic E-state index is 0.0417. The van der Waals surface area contributed by atoms with Gasteiger partial charge in [-0.25, -0.2) is 0 Å². The van der Waals surface area contributed by atoms with Crippen LogP contribution in [0.25, 0.3) is 0 Å². The van der Waals surface area contributed by atoms with Crippen molar-refractivity contribution in [2.24, 2.45) is 5.73 Å². The van der Waals surface area contributed by atoms with E-state index in [9.17, 15) is 0 Å². The zero-order valence-corrected chi connectivity index (χ0v) is 13.0. The molecule has 0 aromatic heterocycles. The summed E-state index contributed by atoms with van der Waals surface area (Å²) in [7, 11) is 0. The van der Waals surface area contributed by atoms with Crippen LogP contribution < -0.4 is 5.73 Å². The zero-order valence-electron chi connectivity index (χ0n) is 9.86. The summed E-state index contributed by atoms with van der Waals surface area (Å²) in [6.07, 6.45) is 0. The van der Waals surface area contributed by atoms with Gasteiger partial charge in [0.2, 0.25) is 0 Å². The molecule has 18 heavy (non-hydrogen) atoms. The Hall–Kier alpha value is -0.480. The summed E-state index contributed by atoms with van der Waals surface area (Å²) in [5, 5.41) is 0.724. The van der Waals surface area contributed by atoms with E-state index < -0.39 is 0 Å². The second-order valence-corrected chi connectivity index (χ2v) is 6.38. The summed E-state index contributed by atoms with van der Waals surface area (Å²) in [4.78, 5) is 2.28. The molecule has 2 aromatic carbocycles.